The van der Waals surface area contributed by atoms with Crippen molar-refractivity contribution in [3.05, 3.63) is 72.6 Å². The molecule has 5 heterocycles. The van der Waals surface area contributed by atoms with Crippen LogP contribution in [0.3, 0.4) is 0 Å². The van der Waals surface area contributed by atoms with Crippen molar-refractivity contribution in [2.45, 2.75) is 77.5 Å². The van der Waals surface area contributed by atoms with Crippen molar-refractivity contribution < 1.29 is 28.7 Å². The predicted octanol–water partition coefficient (Wildman–Crippen LogP) is 7.44. The van der Waals surface area contributed by atoms with Gasteiger partial charge < -0.3 is 39.9 Å². The lowest BCUT2D eigenvalue weighted by molar-refractivity contribution is -0.136. The van der Waals surface area contributed by atoms with Crippen LogP contribution < -0.4 is 10.6 Å². The number of fused-ring (bicyclic) bond motifs is 1. The monoisotopic (exact) mass is 794 g/mol. The molecule has 4 atom stereocenters. The number of hydrogen-bond acceptors (Lipinski definition) is 9. The van der Waals surface area contributed by atoms with E-state index in [0.717, 1.165) is 80.4 Å². The van der Waals surface area contributed by atoms with Gasteiger partial charge >= 0.3 is 12.2 Å². The second kappa shape index (κ2) is 16.8. The number of carbonyl (C=O) groups is 4. The minimum absolute atomic E-state index is 0.104. The lowest BCUT2D eigenvalue weighted by atomic mass is 10.0. The van der Waals surface area contributed by atoms with Gasteiger partial charge in [0.2, 0.25) is 11.8 Å². The molecule has 2 aromatic carbocycles. The van der Waals surface area contributed by atoms with Crippen LogP contribution >= 0.6 is 11.3 Å². The number of nitrogens with one attached hydrogen (secondary N) is 4. The topological polar surface area (TPSA) is 175 Å². The number of alkyl carbamates (subject to hydrolysis) is 2. The zero-order chi connectivity index (χ0) is 40.4. The lowest BCUT2D eigenvalue weighted by Gasteiger charge is -2.30. The number of aromatic nitrogens is 4. The summed E-state index contributed by atoms with van der Waals surface area (Å²) in [5.41, 5.74) is 4.83. The first-order chi connectivity index (χ1) is 27.4. The number of aromatic amines is 2. The van der Waals surface area contributed by atoms with Crippen LogP contribution in [0.1, 0.15) is 77.1 Å². The Morgan fingerprint density at radius 2 is 1.18 bits per heavy atom. The third-order valence-electron chi connectivity index (χ3n) is 11.0. The average molecular weight is 795 g/mol. The number of ether oxygens (including phenoxy) is 2. The van der Waals surface area contributed by atoms with Crippen molar-refractivity contribution in [3.63, 3.8) is 0 Å². The van der Waals surface area contributed by atoms with Crippen LogP contribution in [0, 0.1) is 11.8 Å². The van der Waals surface area contributed by atoms with Crippen LogP contribution in [0.4, 0.5) is 9.59 Å². The minimum Gasteiger partial charge on any atom is -0.453 e. The first-order valence-electron chi connectivity index (χ1n) is 19.5. The summed E-state index contributed by atoms with van der Waals surface area (Å²) >= 11 is 1.72. The minimum atomic E-state index is -0.688. The van der Waals surface area contributed by atoms with Crippen molar-refractivity contribution in [1.29, 1.82) is 0 Å². The number of methoxy groups -OCH3 is 2. The lowest BCUT2D eigenvalue weighted by Crippen LogP contribution is -2.51. The molecule has 0 spiro atoms. The molecule has 7 rings (SSSR count). The maximum absolute atomic E-state index is 13.6. The highest BCUT2D eigenvalue weighted by molar-refractivity contribution is 7.22. The molecule has 0 aliphatic carbocycles. The van der Waals surface area contributed by atoms with Gasteiger partial charge in [0.25, 0.3) is 0 Å². The fourth-order valence-corrected chi connectivity index (χ4v) is 8.95. The van der Waals surface area contributed by atoms with Crippen LogP contribution in [0.15, 0.2) is 60.9 Å². The van der Waals surface area contributed by atoms with Crippen molar-refractivity contribution >= 4 is 45.4 Å². The molecule has 4 N–H and O–H groups in total. The summed E-state index contributed by atoms with van der Waals surface area (Å²) in [5, 5.41) is 6.55. The number of rotatable bonds is 11. The molecule has 1 unspecified atom stereocenters. The van der Waals surface area contributed by atoms with Gasteiger partial charge in [-0.1, -0.05) is 64.1 Å². The van der Waals surface area contributed by atoms with E-state index in [-0.39, 0.29) is 35.7 Å². The maximum Gasteiger partial charge on any atom is 0.407 e. The molecule has 2 aliphatic heterocycles. The van der Waals surface area contributed by atoms with Gasteiger partial charge in [0, 0.05) is 28.2 Å². The molecule has 2 saturated heterocycles. The number of carbonyl (C=O) groups excluding carboxylic acids is 4. The summed E-state index contributed by atoms with van der Waals surface area (Å²) in [6.07, 6.45) is 5.66. The molecule has 14 nitrogen and oxygen atoms in total. The third kappa shape index (κ3) is 8.24. The summed E-state index contributed by atoms with van der Waals surface area (Å²) in [7, 11) is 2.58. The molecule has 5 aromatic rings. The number of benzene rings is 2. The number of H-pyrrole nitrogens is 2. The Balaban J connectivity index is 1.03. The molecule has 57 heavy (non-hydrogen) atoms. The average Bonchev–Trinajstić information content (AvgIpc) is 4.06. The molecule has 15 heteroatoms. The summed E-state index contributed by atoms with van der Waals surface area (Å²) in [6.45, 7) is 8.81. The highest BCUT2D eigenvalue weighted by Gasteiger charge is 2.39. The van der Waals surface area contributed by atoms with Gasteiger partial charge in [-0.2, -0.15) is 0 Å². The molecule has 0 saturated carbocycles. The number of imidazole rings is 2. The largest absolute Gasteiger partial charge is 0.453 e. The van der Waals surface area contributed by atoms with E-state index in [9.17, 15) is 19.2 Å². The summed E-state index contributed by atoms with van der Waals surface area (Å²) in [5.74, 6) is 0.976. The zero-order valence-corrected chi connectivity index (χ0v) is 33.9. The van der Waals surface area contributed by atoms with Crippen LogP contribution in [0.25, 0.3) is 43.0 Å². The second-order valence-electron chi connectivity index (χ2n) is 15.4. The van der Waals surface area contributed by atoms with Crippen molar-refractivity contribution in [2.24, 2.45) is 11.8 Å². The highest BCUT2D eigenvalue weighted by atomic mass is 32.1. The Morgan fingerprint density at radius 3 is 1.67 bits per heavy atom. The Hall–Kier alpha value is -5.70. The van der Waals surface area contributed by atoms with Gasteiger partial charge in [-0.3, -0.25) is 9.59 Å². The quantitative estimate of drug-likeness (QED) is 0.107. The standard InChI is InChI=1S/C42H50N8O6S/c1-23(2)35(47-41(53)55-5)39(51)49-17-7-9-31(49)37-43-21-29(45-37)25-11-13-26(14-12-25)33-20-28-16-15-27(19-34(28)57-33)30-22-44-38(46-30)32-10-8-18-50(32)40(52)36(24(3)4)48-42(54)56-6/h11-16,19-24,31-32,35-36H,7-10,17-18H2,1-6H3,(H,43,45)(H,44,46)(H,47,53)(H,48,54)/t31-,32-,35-,36?/m0/s1. The molecule has 300 valence electrons. The molecular formula is C42H50N8O6S. The van der Waals surface area contributed by atoms with Gasteiger partial charge in [0.15, 0.2) is 0 Å². The Morgan fingerprint density at radius 1 is 0.702 bits per heavy atom. The van der Waals surface area contributed by atoms with E-state index in [1.165, 1.54) is 14.2 Å². The summed E-state index contributed by atoms with van der Waals surface area (Å²) < 4.78 is 10.7. The SMILES string of the molecule is COC(=O)NC(C(=O)N1CCC[C@H]1c1ncc(-c2ccc3cc(-c4ccc(-c5cnc([C@@H]6CCCN6C(=O)[C@@H](NC(=O)OC)C(C)C)[nH]5)cc4)sc3c2)[nH]1)C(C)C. The molecule has 0 radical (unpaired) electrons. The molecule has 0 bridgehead atoms. The van der Waals surface area contributed by atoms with Crippen LogP contribution in [-0.2, 0) is 19.1 Å². The first kappa shape index (κ1) is 39.5. The van der Waals surface area contributed by atoms with E-state index in [1.807, 2.05) is 49.9 Å². The number of hydrogen-bond donors (Lipinski definition) is 4. The van der Waals surface area contributed by atoms with Gasteiger partial charge in [-0.05, 0) is 66.2 Å². The van der Waals surface area contributed by atoms with E-state index in [2.05, 4.69) is 74.1 Å². The highest BCUT2D eigenvalue weighted by Crippen LogP contribution is 2.38. The predicted molar refractivity (Wildman–Crippen MR) is 218 cm³/mol. The van der Waals surface area contributed by atoms with Gasteiger partial charge in [-0.15, -0.1) is 11.3 Å². The zero-order valence-electron chi connectivity index (χ0n) is 33.1. The molecule has 2 aliphatic rings. The van der Waals surface area contributed by atoms with Crippen molar-refractivity contribution in [3.8, 4) is 33.0 Å². The van der Waals surface area contributed by atoms with E-state index in [1.54, 1.807) is 11.3 Å². The number of likely N-dealkylation sites (tertiary alicyclic amines) is 2. The number of amides is 4. The van der Waals surface area contributed by atoms with Crippen molar-refractivity contribution in [2.75, 3.05) is 27.3 Å². The first-order valence-corrected chi connectivity index (χ1v) is 20.3. The van der Waals surface area contributed by atoms with Gasteiger partial charge in [0.1, 0.15) is 23.7 Å². The number of thiophene rings is 1. The fourth-order valence-electron chi connectivity index (χ4n) is 7.85. The Kier molecular flexibility index (Phi) is 11.7. The van der Waals surface area contributed by atoms with Crippen LogP contribution in [0.2, 0.25) is 0 Å². The second-order valence-corrected chi connectivity index (χ2v) is 16.5. The number of nitrogens with zero attached hydrogens (tertiary/aromatic N) is 4. The molecular weight excluding hydrogens is 745 g/mol. The smallest absolute Gasteiger partial charge is 0.407 e. The molecule has 4 amide bonds. The summed E-state index contributed by atoms with van der Waals surface area (Å²) in [4.78, 5) is 72.2. The van der Waals surface area contributed by atoms with Gasteiger partial charge in [-0.25, -0.2) is 19.6 Å². The van der Waals surface area contributed by atoms with Gasteiger partial charge in [0.05, 0.1) is 50.1 Å². The van der Waals surface area contributed by atoms with Crippen LogP contribution in [0.5, 0.6) is 0 Å². The van der Waals surface area contributed by atoms with E-state index >= 15 is 0 Å². The Labute approximate surface area is 335 Å². The van der Waals surface area contributed by atoms with Crippen LogP contribution in [-0.4, -0.2) is 93.1 Å². The fraction of sp³-hybridized carbons (Fsp3) is 0.429. The van der Waals surface area contributed by atoms with Crippen molar-refractivity contribution in [1.82, 2.24) is 40.4 Å². The van der Waals surface area contributed by atoms with E-state index < -0.39 is 24.3 Å². The summed E-state index contributed by atoms with van der Waals surface area (Å²) in [6, 6.07) is 15.2. The third-order valence-corrected chi connectivity index (χ3v) is 12.1. The van der Waals surface area contributed by atoms with E-state index in [0.29, 0.717) is 13.1 Å². The maximum atomic E-state index is 13.6. The molecule has 3 aromatic heterocycles. The Bertz CT molecular complexity index is 2240. The normalized spacial score (nSPS) is 18.0. The van der Waals surface area contributed by atoms with E-state index in [4.69, 9.17) is 14.5 Å². The molecule has 2 fully saturated rings.